The average Bonchev–Trinajstić information content (AvgIpc) is 2.59. The molecule has 1 aromatic carbocycles. The molecule has 0 radical (unpaired) electrons. The maximum absolute atomic E-state index is 13.0. The minimum absolute atomic E-state index is 0.0667. The highest BCUT2D eigenvalue weighted by Crippen LogP contribution is 2.06. The van der Waals surface area contributed by atoms with Crippen molar-refractivity contribution in [3.8, 4) is 0 Å². The van der Waals surface area contributed by atoms with Crippen LogP contribution >= 0.6 is 0 Å². The topological polar surface area (TPSA) is 83.4 Å². The van der Waals surface area contributed by atoms with Crippen LogP contribution in [0, 0.1) is 11.7 Å². The molecule has 0 aliphatic carbocycles. The van der Waals surface area contributed by atoms with Gasteiger partial charge in [0.25, 0.3) is 5.56 Å². The number of carbonyl (C=O) groups excluding carboxylic acids is 1. The number of rotatable bonds is 7. The van der Waals surface area contributed by atoms with E-state index < -0.39 is 6.03 Å². The van der Waals surface area contributed by atoms with Gasteiger partial charge in [-0.25, -0.2) is 9.18 Å². The van der Waals surface area contributed by atoms with Gasteiger partial charge in [0.1, 0.15) is 11.5 Å². The number of anilines is 1. The van der Waals surface area contributed by atoms with Crippen molar-refractivity contribution in [3.05, 3.63) is 64.3 Å². The maximum atomic E-state index is 13.0. The number of urea groups is 1. The summed E-state index contributed by atoms with van der Waals surface area (Å²) in [5.41, 5.74) is 0.602. The van der Waals surface area contributed by atoms with Crippen molar-refractivity contribution >= 4 is 11.7 Å². The Morgan fingerprint density at radius 3 is 2.68 bits per heavy atom. The Labute approximate surface area is 145 Å². The van der Waals surface area contributed by atoms with Crippen LogP contribution in [0.4, 0.5) is 14.9 Å². The molecule has 0 aliphatic rings. The number of halogens is 1. The van der Waals surface area contributed by atoms with E-state index in [0.717, 1.165) is 5.56 Å². The Hall–Kier alpha value is -2.67. The third-order valence-electron chi connectivity index (χ3n) is 3.77. The molecule has 0 saturated carbocycles. The Balaban J connectivity index is 2.01. The van der Waals surface area contributed by atoms with Crippen molar-refractivity contribution in [2.45, 2.75) is 19.9 Å². The highest BCUT2D eigenvalue weighted by molar-refractivity contribution is 5.88. The summed E-state index contributed by atoms with van der Waals surface area (Å²) in [5, 5.41) is 14.1. The predicted molar refractivity (Wildman–Crippen MR) is 94.1 cm³/mol. The third-order valence-corrected chi connectivity index (χ3v) is 3.77. The van der Waals surface area contributed by atoms with Crippen LogP contribution in [0.1, 0.15) is 18.9 Å². The van der Waals surface area contributed by atoms with Crippen LogP contribution in [0.5, 0.6) is 0 Å². The molecular weight excluding hydrogens is 325 g/mol. The summed E-state index contributed by atoms with van der Waals surface area (Å²) in [6, 6.07) is 8.61. The van der Waals surface area contributed by atoms with Gasteiger partial charge < -0.3 is 20.3 Å². The van der Waals surface area contributed by atoms with Gasteiger partial charge in [0.15, 0.2) is 0 Å². The van der Waals surface area contributed by atoms with E-state index >= 15 is 0 Å². The lowest BCUT2D eigenvalue weighted by molar-refractivity contribution is 0.243. The van der Waals surface area contributed by atoms with Crippen LogP contribution < -0.4 is 16.2 Å². The lowest BCUT2D eigenvalue weighted by Gasteiger charge is -2.13. The van der Waals surface area contributed by atoms with Gasteiger partial charge in [-0.3, -0.25) is 4.79 Å². The summed E-state index contributed by atoms with van der Waals surface area (Å²) in [6.07, 6.45) is 2.20. The molecule has 1 atom stereocenters. The molecule has 2 rings (SSSR count). The molecule has 7 heteroatoms. The minimum Gasteiger partial charge on any atom is -0.396 e. The summed E-state index contributed by atoms with van der Waals surface area (Å²) in [4.78, 5) is 24.3. The van der Waals surface area contributed by atoms with Crippen molar-refractivity contribution < 1.29 is 14.3 Å². The van der Waals surface area contributed by atoms with Crippen molar-refractivity contribution in [3.63, 3.8) is 0 Å². The molecule has 25 heavy (non-hydrogen) atoms. The van der Waals surface area contributed by atoms with Crippen LogP contribution in [-0.4, -0.2) is 28.9 Å². The number of nitrogens with zero attached hydrogens (tertiary/aromatic N) is 1. The first-order chi connectivity index (χ1) is 12.0. The predicted octanol–water partition coefficient (Wildman–Crippen LogP) is 2.18. The standard InChI is InChI=1S/C18H22FN3O3/c1-13(8-10-23)11-20-18(25)21-16-3-2-9-22(17(16)24)12-14-4-6-15(19)7-5-14/h2-7,9,13,23H,8,10-12H2,1H3,(H2,20,21,25). The highest BCUT2D eigenvalue weighted by atomic mass is 19.1. The minimum atomic E-state index is -0.471. The van der Waals surface area contributed by atoms with Crippen LogP contribution in [0.3, 0.4) is 0 Å². The number of aliphatic hydroxyl groups excluding tert-OH is 1. The third kappa shape index (κ3) is 5.72. The molecule has 1 aromatic heterocycles. The summed E-state index contributed by atoms with van der Waals surface area (Å²) in [6.45, 7) is 2.67. The lowest BCUT2D eigenvalue weighted by atomic mass is 10.1. The molecular formula is C18H22FN3O3. The first kappa shape index (κ1) is 18.7. The fraction of sp³-hybridized carbons (Fsp3) is 0.333. The highest BCUT2D eigenvalue weighted by Gasteiger charge is 2.09. The van der Waals surface area contributed by atoms with E-state index in [1.165, 1.54) is 22.8 Å². The molecule has 0 spiro atoms. The molecule has 3 N–H and O–H groups in total. The maximum Gasteiger partial charge on any atom is 0.319 e. The summed E-state index contributed by atoms with van der Waals surface area (Å²) >= 11 is 0. The second-order valence-corrected chi connectivity index (χ2v) is 5.93. The molecule has 2 amide bonds. The largest absolute Gasteiger partial charge is 0.396 e. The first-order valence-corrected chi connectivity index (χ1v) is 8.09. The fourth-order valence-electron chi connectivity index (χ4n) is 2.30. The van der Waals surface area contributed by atoms with E-state index in [0.29, 0.717) is 13.0 Å². The van der Waals surface area contributed by atoms with Crippen LogP contribution in [-0.2, 0) is 6.54 Å². The number of nitrogens with one attached hydrogen (secondary N) is 2. The zero-order valence-corrected chi connectivity index (χ0v) is 14.0. The Kier molecular flexibility index (Phi) is 6.71. The summed E-state index contributed by atoms with van der Waals surface area (Å²) in [7, 11) is 0. The van der Waals surface area contributed by atoms with Crippen molar-refractivity contribution in [1.29, 1.82) is 0 Å². The van der Waals surface area contributed by atoms with E-state index in [1.807, 2.05) is 6.92 Å². The van der Waals surface area contributed by atoms with Crippen LogP contribution in [0.2, 0.25) is 0 Å². The van der Waals surface area contributed by atoms with Gasteiger partial charge in [0.05, 0.1) is 6.54 Å². The number of benzene rings is 1. The van der Waals surface area contributed by atoms with Gasteiger partial charge in [-0.15, -0.1) is 0 Å². The van der Waals surface area contributed by atoms with E-state index in [9.17, 15) is 14.0 Å². The number of aromatic nitrogens is 1. The van der Waals surface area contributed by atoms with Crippen LogP contribution in [0.25, 0.3) is 0 Å². The Bertz CT molecular complexity index is 759. The van der Waals surface area contributed by atoms with E-state index in [-0.39, 0.29) is 36.1 Å². The second-order valence-electron chi connectivity index (χ2n) is 5.93. The molecule has 2 aromatic rings. The number of pyridine rings is 1. The van der Waals surface area contributed by atoms with E-state index in [4.69, 9.17) is 5.11 Å². The normalized spacial score (nSPS) is 11.8. The van der Waals surface area contributed by atoms with Crippen molar-refractivity contribution in [2.75, 3.05) is 18.5 Å². The molecule has 134 valence electrons. The molecule has 0 fully saturated rings. The van der Waals surface area contributed by atoms with Gasteiger partial charge in [-0.1, -0.05) is 19.1 Å². The molecule has 6 nitrogen and oxygen atoms in total. The van der Waals surface area contributed by atoms with Gasteiger partial charge >= 0.3 is 6.03 Å². The van der Waals surface area contributed by atoms with E-state index in [2.05, 4.69) is 10.6 Å². The molecule has 1 heterocycles. The summed E-state index contributed by atoms with van der Waals surface area (Å²) < 4.78 is 14.4. The van der Waals surface area contributed by atoms with Gasteiger partial charge in [-0.05, 0) is 42.2 Å². The first-order valence-electron chi connectivity index (χ1n) is 8.09. The quantitative estimate of drug-likeness (QED) is 0.718. The van der Waals surface area contributed by atoms with Crippen molar-refractivity contribution in [1.82, 2.24) is 9.88 Å². The summed E-state index contributed by atoms with van der Waals surface area (Å²) in [5.74, 6) is -0.194. The zero-order valence-electron chi connectivity index (χ0n) is 14.0. The molecule has 0 aliphatic heterocycles. The zero-order chi connectivity index (χ0) is 18.2. The van der Waals surface area contributed by atoms with Gasteiger partial charge in [-0.2, -0.15) is 0 Å². The van der Waals surface area contributed by atoms with Crippen molar-refractivity contribution in [2.24, 2.45) is 5.92 Å². The molecule has 0 bridgehead atoms. The van der Waals surface area contributed by atoms with E-state index in [1.54, 1.807) is 24.4 Å². The fourth-order valence-corrected chi connectivity index (χ4v) is 2.30. The number of carbonyl (C=O) groups is 1. The second kappa shape index (κ2) is 8.98. The monoisotopic (exact) mass is 347 g/mol. The number of hydrogen-bond donors (Lipinski definition) is 3. The average molecular weight is 347 g/mol. The molecule has 0 saturated heterocycles. The number of aliphatic hydroxyl groups is 1. The Morgan fingerprint density at radius 1 is 1.28 bits per heavy atom. The van der Waals surface area contributed by atoms with Gasteiger partial charge in [0, 0.05) is 19.3 Å². The Morgan fingerprint density at radius 2 is 2.00 bits per heavy atom. The smallest absolute Gasteiger partial charge is 0.319 e. The lowest BCUT2D eigenvalue weighted by Crippen LogP contribution is -2.35. The number of amides is 2. The van der Waals surface area contributed by atoms with Gasteiger partial charge in [0.2, 0.25) is 0 Å². The molecule has 1 unspecified atom stereocenters. The number of hydrogen-bond acceptors (Lipinski definition) is 3. The van der Waals surface area contributed by atoms with Crippen LogP contribution in [0.15, 0.2) is 47.4 Å². The SMILES string of the molecule is CC(CCO)CNC(=O)Nc1cccn(Cc2ccc(F)cc2)c1=O.